The highest BCUT2D eigenvalue weighted by atomic mass is 79.9. The van der Waals surface area contributed by atoms with Gasteiger partial charge in [0, 0.05) is 10.4 Å². The fourth-order valence-corrected chi connectivity index (χ4v) is 1.79. The van der Waals surface area contributed by atoms with Gasteiger partial charge in [-0.25, -0.2) is 9.67 Å². The third kappa shape index (κ3) is 2.56. The first-order valence-corrected chi connectivity index (χ1v) is 6.33. The van der Waals surface area contributed by atoms with Gasteiger partial charge in [-0.15, -0.1) is 0 Å². The topological polar surface area (TPSA) is 56.7 Å². The van der Waals surface area contributed by atoms with Gasteiger partial charge in [0.2, 0.25) is 0 Å². The standard InChI is InChI=1S/C12H15BrN4/c1-8(2)12-15-11(7-14)17(16-12)10-5-3-9(13)4-6-10/h3-6,8H,7,14H2,1-2H3. The van der Waals surface area contributed by atoms with Crippen LogP contribution in [0.2, 0.25) is 0 Å². The second-order valence-electron chi connectivity index (χ2n) is 4.13. The van der Waals surface area contributed by atoms with Crippen molar-refractivity contribution in [1.29, 1.82) is 0 Å². The molecule has 0 aliphatic heterocycles. The molecule has 0 unspecified atom stereocenters. The van der Waals surface area contributed by atoms with E-state index in [1.165, 1.54) is 0 Å². The van der Waals surface area contributed by atoms with Crippen molar-refractivity contribution in [1.82, 2.24) is 14.8 Å². The Hall–Kier alpha value is -1.20. The van der Waals surface area contributed by atoms with Crippen LogP contribution < -0.4 is 5.73 Å². The Morgan fingerprint density at radius 1 is 1.29 bits per heavy atom. The Morgan fingerprint density at radius 3 is 2.47 bits per heavy atom. The maximum atomic E-state index is 5.70. The molecule has 1 heterocycles. The van der Waals surface area contributed by atoms with Crippen molar-refractivity contribution in [2.45, 2.75) is 26.3 Å². The second kappa shape index (κ2) is 4.98. The average molecular weight is 295 g/mol. The minimum absolute atomic E-state index is 0.303. The van der Waals surface area contributed by atoms with Crippen molar-refractivity contribution in [3.8, 4) is 5.69 Å². The summed E-state index contributed by atoms with van der Waals surface area (Å²) >= 11 is 3.41. The van der Waals surface area contributed by atoms with Crippen LogP contribution in [0.1, 0.15) is 31.4 Å². The first kappa shape index (κ1) is 12.3. The number of benzene rings is 1. The molecule has 2 aromatic rings. The van der Waals surface area contributed by atoms with Crippen molar-refractivity contribution in [2.24, 2.45) is 5.73 Å². The molecule has 0 aliphatic carbocycles. The van der Waals surface area contributed by atoms with Gasteiger partial charge in [0.15, 0.2) is 5.82 Å². The predicted molar refractivity (Wildman–Crippen MR) is 71.0 cm³/mol. The molecule has 0 bridgehead atoms. The molecular weight excluding hydrogens is 280 g/mol. The van der Waals surface area contributed by atoms with Gasteiger partial charge in [-0.1, -0.05) is 29.8 Å². The normalized spacial score (nSPS) is 11.1. The molecule has 0 atom stereocenters. The molecule has 0 aliphatic rings. The maximum absolute atomic E-state index is 5.70. The Morgan fingerprint density at radius 2 is 1.94 bits per heavy atom. The summed E-state index contributed by atoms with van der Waals surface area (Å²) in [6, 6.07) is 7.93. The van der Waals surface area contributed by atoms with Gasteiger partial charge >= 0.3 is 0 Å². The summed E-state index contributed by atoms with van der Waals surface area (Å²) in [7, 11) is 0. The molecule has 17 heavy (non-hydrogen) atoms. The van der Waals surface area contributed by atoms with E-state index >= 15 is 0 Å². The van der Waals surface area contributed by atoms with Crippen LogP contribution >= 0.6 is 15.9 Å². The summed E-state index contributed by atoms with van der Waals surface area (Å²) in [5, 5.41) is 4.49. The van der Waals surface area contributed by atoms with E-state index in [2.05, 4.69) is 39.9 Å². The van der Waals surface area contributed by atoms with E-state index in [-0.39, 0.29) is 0 Å². The highest BCUT2D eigenvalue weighted by Crippen LogP contribution is 2.17. The van der Waals surface area contributed by atoms with E-state index < -0.39 is 0 Å². The molecule has 0 saturated carbocycles. The number of nitrogens with two attached hydrogens (primary N) is 1. The molecule has 2 N–H and O–H groups in total. The highest BCUT2D eigenvalue weighted by Gasteiger charge is 2.12. The summed E-state index contributed by atoms with van der Waals surface area (Å²) in [6.07, 6.45) is 0. The van der Waals surface area contributed by atoms with Crippen LogP contribution in [-0.4, -0.2) is 14.8 Å². The number of halogens is 1. The Bertz CT molecular complexity index is 502. The molecule has 1 aromatic heterocycles. The van der Waals surface area contributed by atoms with E-state index in [9.17, 15) is 0 Å². The summed E-state index contributed by atoms with van der Waals surface area (Å²) < 4.78 is 2.85. The quantitative estimate of drug-likeness (QED) is 0.947. The molecule has 0 radical (unpaired) electrons. The summed E-state index contributed by atoms with van der Waals surface area (Å²) in [4.78, 5) is 4.44. The van der Waals surface area contributed by atoms with Crippen molar-refractivity contribution in [3.05, 3.63) is 40.4 Å². The van der Waals surface area contributed by atoms with Gasteiger partial charge in [0.25, 0.3) is 0 Å². The zero-order valence-electron chi connectivity index (χ0n) is 9.89. The van der Waals surface area contributed by atoms with E-state index in [1.54, 1.807) is 0 Å². The maximum Gasteiger partial charge on any atom is 0.153 e. The average Bonchev–Trinajstić information content (AvgIpc) is 2.74. The first-order chi connectivity index (χ1) is 8.11. The first-order valence-electron chi connectivity index (χ1n) is 5.53. The number of rotatable bonds is 3. The van der Waals surface area contributed by atoms with E-state index in [1.807, 2.05) is 28.9 Å². The van der Waals surface area contributed by atoms with Crippen molar-refractivity contribution < 1.29 is 0 Å². The van der Waals surface area contributed by atoms with Crippen LogP contribution in [0.25, 0.3) is 5.69 Å². The largest absolute Gasteiger partial charge is 0.324 e. The minimum atomic E-state index is 0.303. The van der Waals surface area contributed by atoms with Gasteiger partial charge < -0.3 is 5.73 Å². The monoisotopic (exact) mass is 294 g/mol. The fourth-order valence-electron chi connectivity index (χ4n) is 1.53. The lowest BCUT2D eigenvalue weighted by molar-refractivity contribution is 0.745. The van der Waals surface area contributed by atoms with Crippen LogP contribution in [0, 0.1) is 0 Å². The highest BCUT2D eigenvalue weighted by molar-refractivity contribution is 9.10. The minimum Gasteiger partial charge on any atom is -0.324 e. The molecule has 4 nitrogen and oxygen atoms in total. The summed E-state index contributed by atoms with van der Waals surface area (Å²) in [5.41, 5.74) is 6.68. The second-order valence-corrected chi connectivity index (χ2v) is 5.05. The number of nitrogens with zero attached hydrogens (tertiary/aromatic N) is 3. The molecule has 1 aromatic carbocycles. The molecule has 0 fully saturated rings. The van der Waals surface area contributed by atoms with Crippen molar-refractivity contribution in [3.63, 3.8) is 0 Å². The zero-order chi connectivity index (χ0) is 12.4. The molecule has 2 rings (SSSR count). The number of hydrogen-bond acceptors (Lipinski definition) is 3. The van der Waals surface area contributed by atoms with Gasteiger partial charge in [-0.2, -0.15) is 5.10 Å². The zero-order valence-corrected chi connectivity index (χ0v) is 11.5. The van der Waals surface area contributed by atoms with Gasteiger partial charge in [-0.05, 0) is 24.3 Å². The Labute approximate surface area is 109 Å². The van der Waals surface area contributed by atoms with E-state index in [4.69, 9.17) is 5.73 Å². The lowest BCUT2D eigenvalue weighted by Crippen LogP contribution is -2.07. The third-order valence-electron chi connectivity index (χ3n) is 2.46. The molecule has 90 valence electrons. The van der Waals surface area contributed by atoms with E-state index in [0.29, 0.717) is 12.5 Å². The summed E-state index contributed by atoms with van der Waals surface area (Å²) in [6.45, 7) is 4.53. The Balaban J connectivity index is 2.46. The molecule has 0 spiro atoms. The van der Waals surface area contributed by atoms with Crippen LogP contribution in [0.15, 0.2) is 28.7 Å². The van der Waals surface area contributed by atoms with Gasteiger partial charge in [0.05, 0.1) is 12.2 Å². The smallest absolute Gasteiger partial charge is 0.153 e. The Kier molecular flexibility index (Phi) is 3.59. The third-order valence-corrected chi connectivity index (χ3v) is 2.99. The van der Waals surface area contributed by atoms with Crippen LogP contribution in [0.5, 0.6) is 0 Å². The van der Waals surface area contributed by atoms with Crippen LogP contribution in [-0.2, 0) is 6.54 Å². The SMILES string of the molecule is CC(C)c1nc(CN)n(-c2ccc(Br)cc2)n1. The van der Waals surface area contributed by atoms with Crippen LogP contribution in [0.3, 0.4) is 0 Å². The number of hydrogen-bond donors (Lipinski definition) is 1. The lowest BCUT2D eigenvalue weighted by Gasteiger charge is -2.03. The molecule has 5 heteroatoms. The van der Waals surface area contributed by atoms with Crippen molar-refractivity contribution in [2.75, 3.05) is 0 Å². The predicted octanol–water partition coefficient (Wildman–Crippen LogP) is 2.61. The summed E-state index contributed by atoms with van der Waals surface area (Å²) in [5.74, 6) is 1.92. The molecule has 0 saturated heterocycles. The number of aromatic nitrogens is 3. The van der Waals surface area contributed by atoms with Gasteiger partial charge in [0.1, 0.15) is 5.82 Å². The fraction of sp³-hybridized carbons (Fsp3) is 0.333. The van der Waals surface area contributed by atoms with Crippen LogP contribution in [0.4, 0.5) is 0 Å². The van der Waals surface area contributed by atoms with E-state index in [0.717, 1.165) is 21.8 Å². The van der Waals surface area contributed by atoms with Crippen molar-refractivity contribution >= 4 is 15.9 Å². The molecular formula is C12H15BrN4. The lowest BCUT2D eigenvalue weighted by atomic mass is 10.2. The van der Waals surface area contributed by atoms with Gasteiger partial charge in [-0.3, -0.25) is 0 Å². The molecule has 0 amide bonds.